The summed E-state index contributed by atoms with van der Waals surface area (Å²) in [6.07, 6.45) is 1.65. The van der Waals surface area contributed by atoms with Crippen molar-refractivity contribution in [2.75, 3.05) is 35.3 Å². The Morgan fingerprint density at radius 2 is 1.73 bits per heavy atom. The zero-order chi connectivity index (χ0) is 23.2. The number of methoxy groups -OCH3 is 1. The van der Waals surface area contributed by atoms with E-state index in [1.54, 1.807) is 74.0 Å². The molecule has 0 spiro atoms. The normalized spacial score (nSPS) is 12.7. The zero-order valence-electron chi connectivity index (χ0n) is 18.0. The highest BCUT2D eigenvalue weighted by atomic mass is 16.5. The molecule has 3 aromatic rings. The van der Waals surface area contributed by atoms with Gasteiger partial charge in [-0.3, -0.25) is 24.4 Å². The van der Waals surface area contributed by atoms with Crippen molar-refractivity contribution in [2.45, 2.75) is 6.54 Å². The number of amides is 4. The third-order valence-corrected chi connectivity index (χ3v) is 5.14. The van der Waals surface area contributed by atoms with Gasteiger partial charge >= 0.3 is 6.03 Å². The van der Waals surface area contributed by atoms with Crippen LogP contribution < -0.4 is 25.2 Å². The van der Waals surface area contributed by atoms with E-state index < -0.39 is 6.03 Å². The number of nitrogens with zero attached hydrogens (tertiary/aromatic N) is 3. The molecular weight excluding hydrogens is 422 g/mol. The molecule has 4 rings (SSSR count). The van der Waals surface area contributed by atoms with Crippen LogP contribution in [0.25, 0.3) is 0 Å². The van der Waals surface area contributed by atoms with Crippen LogP contribution in [0.5, 0.6) is 5.75 Å². The van der Waals surface area contributed by atoms with Crippen LogP contribution in [0.2, 0.25) is 0 Å². The molecule has 2 aromatic carbocycles. The Labute approximate surface area is 191 Å². The summed E-state index contributed by atoms with van der Waals surface area (Å²) in [4.78, 5) is 45.3. The quantitative estimate of drug-likeness (QED) is 0.607. The molecule has 33 heavy (non-hydrogen) atoms. The molecule has 2 N–H and O–H groups in total. The summed E-state index contributed by atoms with van der Waals surface area (Å²) in [5, 5.41) is 5.57. The number of urea groups is 1. The summed E-state index contributed by atoms with van der Waals surface area (Å²) >= 11 is 0. The van der Waals surface area contributed by atoms with Gasteiger partial charge in [-0.05, 0) is 48.5 Å². The number of pyridine rings is 1. The first-order chi connectivity index (χ1) is 16.0. The molecule has 0 radical (unpaired) electrons. The van der Waals surface area contributed by atoms with E-state index in [1.807, 2.05) is 6.07 Å². The Kier molecular flexibility index (Phi) is 6.49. The lowest BCUT2D eigenvalue weighted by atomic mass is 10.1. The van der Waals surface area contributed by atoms with Gasteiger partial charge in [-0.1, -0.05) is 18.2 Å². The first kappa shape index (κ1) is 21.8. The summed E-state index contributed by atoms with van der Waals surface area (Å²) in [6.45, 7) is -0.0805. The highest BCUT2D eigenvalue weighted by Gasteiger charge is 2.33. The number of hydrogen-bond donors (Lipinski definition) is 2. The molecule has 2 heterocycles. The Hall–Kier alpha value is -4.40. The van der Waals surface area contributed by atoms with Crippen molar-refractivity contribution in [1.82, 2.24) is 10.3 Å². The van der Waals surface area contributed by atoms with Crippen molar-refractivity contribution in [3.05, 3.63) is 78.6 Å². The SMILES string of the molecule is COc1ccc(NC(=O)N2CC(=O)N(CC(=O)NCc3ccccn3)c3ccccc32)cc1. The van der Waals surface area contributed by atoms with E-state index in [0.29, 0.717) is 22.8 Å². The molecular formula is C24H23N5O4. The number of carbonyl (C=O) groups is 3. The fourth-order valence-corrected chi connectivity index (χ4v) is 3.47. The van der Waals surface area contributed by atoms with Crippen LogP contribution in [0, 0.1) is 0 Å². The van der Waals surface area contributed by atoms with E-state index in [4.69, 9.17) is 4.74 Å². The van der Waals surface area contributed by atoms with Gasteiger partial charge in [0.1, 0.15) is 18.8 Å². The molecule has 0 saturated heterocycles. The molecule has 0 fully saturated rings. The van der Waals surface area contributed by atoms with E-state index in [1.165, 1.54) is 9.80 Å². The van der Waals surface area contributed by atoms with Crippen molar-refractivity contribution in [3.8, 4) is 5.75 Å². The van der Waals surface area contributed by atoms with Gasteiger partial charge in [0.15, 0.2) is 0 Å². The van der Waals surface area contributed by atoms with Crippen molar-refractivity contribution >= 4 is 34.9 Å². The van der Waals surface area contributed by atoms with Gasteiger partial charge in [-0.15, -0.1) is 0 Å². The van der Waals surface area contributed by atoms with Crippen LogP contribution in [0.1, 0.15) is 5.69 Å². The van der Waals surface area contributed by atoms with Gasteiger partial charge in [0.05, 0.1) is 30.7 Å². The van der Waals surface area contributed by atoms with Gasteiger partial charge in [0, 0.05) is 11.9 Å². The Morgan fingerprint density at radius 3 is 2.42 bits per heavy atom. The average molecular weight is 445 g/mol. The number of fused-ring (bicyclic) bond motifs is 1. The highest BCUT2D eigenvalue weighted by molar-refractivity contribution is 6.15. The van der Waals surface area contributed by atoms with Crippen LogP contribution in [-0.2, 0) is 16.1 Å². The zero-order valence-corrected chi connectivity index (χ0v) is 18.0. The second kappa shape index (κ2) is 9.82. The first-order valence-electron chi connectivity index (χ1n) is 10.3. The number of para-hydroxylation sites is 2. The van der Waals surface area contributed by atoms with E-state index in [-0.39, 0.29) is 31.4 Å². The maximum atomic E-state index is 12.9. The summed E-state index contributed by atoms with van der Waals surface area (Å²) in [5.74, 6) is -0.00466. The van der Waals surface area contributed by atoms with Crippen molar-refractivity contribution < 1.29 is 19.1 Å². The van der Waals surface area contributed by atoms with Crippen molar-refractivity contribution in [3.63, 3.8) is 0 Å². The lowest BCUT2D eigenvalue weighted by Gasteiger charge is -2.35. The van der Waals surface area contributed by atoms with Crippen LogP contribution in [-0.4, -0.2) is 43.0 Å². The standard InChI is InChI=1S/C24H23N5O4/c1-33-19-11-9-17(10-12-19)27-24(32)29-16-23(31)28(20-7-2-3-8-21(20)29)15-22(30)26-14-18-6-4-5-13-25-18/h2-13H,14-16H2,1H3,(H,26,30)(H,27,32). The minimum atomic E-state index is -0.444. The third-order valence-electron chi connectivity index (χ3n) is 5.14. The predicted octanol–water partition coefficient (Wildman–Crippen LogP) is 2.79. The fraction of sp³-hybridized carbons (Fsp3) is 0.167. The monoisotopic (exact) mass is 445 g/mol. The lowest BCUT2D eigenvalue weighted by Crippen LogP contribution is -2.52. The summed E-state index contributed by atoms with van der Waals surface area (Å²) in [5.41, 5.74) is 2.33. The number of benzene rings is 2. The minimum absolute atomic E-state index is 0.156. The van der Waals surface area contributed by atoms with E-state index >= 15 is 0 Å². The first-order valence-corrected chi connectivity index (χ1v) is 10.3. The summed E-state index contributed by atoms with van der Waals surface area (Å²) in [7, 11) is 1.56. The number of carbonyl (C=O) groups excluding carboxylic acids is 3. The number of aromatic nitrogens is 1. The molecule has 0 bridgehead atoms. The molecule has 4 amide bonds. The highest BCUT2D eigenvalue weighted by Crippen LogP contribution is 2.33. The van der Waals surface area contributed by atoms with Gasteiger partial charge < -0.3 is 15.4 Å². The van der Waals surface area contributed by atoms with Crippen LogP contribution in [0.4, 0.5) is 21.9 Å². The van der Waals surface area contributed by atoms with Gasteiger partial charge in [-0.25, -0.2) is 4.79 Å². The van der Waals surface area contributed by atoms with E-state index in [9.17, 15) is 14.4 Å². The maximum absolute atomic E-state index is 12.9. The molecule has 0 unspecified atom stereocenters. The van der Waals surface area contributed by atoms with Crippen LogP contribution >= 0.6 is 0 Å². The smallest absolute Gasteiger partial charge is 0.326 e. The number of rotatable bonds is 6. The maximum Gasteiger partial charge on any atom is 0.326 e. The molecule has 1 aliphatic heterocycles. The van der Waals surface area contributed by atoms with Crippen LogP contribution in [0.3, 0.4) is 0 Å². The number of anilines is 3. The number of ether oxygens (including phenoxy) is 1. The summed E-state index contributed by atoms with van der Waals surface area (Å²) < 4.78 is 5.13. The second-order valence-electron chi connectivity index (χ2n) is 7.31. The van der Waals surface area contributed by atoms with Gasteiger partial charge in [0.25, 0.3) is 0 Å². The molecule has 0 saturated carbocycles. The Balaban J connectivity index is 1.46. The summed E-state index contributed by atoms with van der Waals surface area (Å²) in [6, 6.07) is 18.9. The molecule has 1 aliphatic rings. The number of nitrogens with one attached hydrogen (secondary N) is 2. The molecule has 1 aromatic heterocycles. The minimum Gasteiger partial charge on any atom is -0.497 e. The second-order valence-corrected chi connectivity index (χ2v) is 7.31. The molecule has 168 valence electrons. The Bertz CT molecular complexity index is 1150. The fourth-order valence-electron chi connectivity index (χ4n) is 3.47. The van der Waals surface area contributed by atoms with Crippen molar-refractivity contribution in [2.24, 2.45) is 0 Å². The third kappa shape index (κ3) is 5.09. The molecule has 9 heteroatoms. The average Bonchev–Trinajstić information content (AvgIpc) is 2.85. The molecule has 0 atom stereocenters. The lowest BCUT2D eigenvalue weighted by molar-refractivity contribution is -0.123. The molecule has 9 nitrogen and oxygen atoms in total. The van der Waals surface area contributed by atoms with E-state index in [2.05, 4.69) is 15.6 Å². The predicted molar refractivity (Wildman–Crippen MR) is 124 cm³/mol. The van der Waals surface area contributed by atoms with Gasteiger partial charge in [-0.2, -0.15) is 0 Å². The van der Waals surface area contributed by atoms with Crippen molar-refractivity contribution in [1.29, 1.82) is 0 Å². The topological polar surface area (TPSA) is 104 Å². The Morgan fingerprint density at radius 1 is 1.00 bits per heavy atom. The van der Waals surface area contributed by atoms with Gasteiger partial charge in [0.2, 0.25) is 11.8 Å². The molecule has 0 aliphatic carbocycles. The number of hydrogen-bond acceptors (Lipinski definition) is 5. The van der Waals surface area contributed by atoms with Crippen LogP contribution in [0.15, 0.2) is 72.9 Å². The van der Waals surface area contributed by atoms with E-state index in [0.717, 1.165) is 5.69 Å². The largest absolute Gasteiger partial charge is 0.497 e.